The average molecular weight is 631 g/mol. The molecule has 264 valence electrons. The van der Waals surface area contributed by atoms with Crippen LogP contribution in [0.4, 0.5) is 0 Å². The zero-order valence-electron chi connectivity index (χ0n) is 30.4. The Morgan fingerprint density at radius 2 is 0.844 bits per heavy atom. The molecule has 0 saturated carbocycles. The van der Waals surface area contributed by atoms with Crippen LogP contribution in [0.1, 0.15) is 200 Å². The molecule has 1 amide bonds. The van der Waals surface area contributed by atoms with Gasteiger partial charge in [-0.3, -0.25) is 10.2 Å². The van der Waals surface area contributed by atoms with E-state index in [1.165, 1.54) is 167 Å². The number of hydrogen-bond donors (Lipinski definition) is 3. The minimum atomic E-state index is -0.0593. The van der Waals surface area contributed by atoms with Crippen molar-refractivity contribution in [2.75, 3.05) is 19.6 Å². The molecule has 0 fully saturated rings. The molecular weight excluding hydrogens is 552 g/mol. The quantitative estimate of drug-likeness (QED) is 0.0282. The van der Waals surface area contributed by atoms with Gasteiger partial charge in [0.15, 0.2) is 5.96 Å². The summed E-state index contributed by atoms with van der Waals surface area (Å²) in [7, 11) is 0. The van der Waals surface area contributed by atoms with Crippen molar-refractivity contribution in [3.8, 4) is 0 Å². The lowest BCUT2D eigenvalue weighted by Crippen LogP contribution is -2.37. The monoisotopic (exact) mass is 631 g/mol. The van der Waals surface area contributed by atoms with Crippen molar-refractivity contribution in [3.05, 3.63) is 24.3 Å². The van der Waals surface area contributed by atoms with Crippen LogP contribution in [0.15, 0.2) is 24.3 Å². The first kappa shape index (κ1) is 43.2. The summed E-state index contributed by atoms with van der Waals surface area (Å²) in [6.45, 7) is 6.74. The van der Waals surface area contributed by atoms with Crippen LogP contribution in [-0.4, -0.2) is 36.4 Å². The molecule has 0 saturated heterocycles. The van der Waals surface area contributed by atoms with E-state index < -0.39 is 0 Å². The third-order valence-corrected chi connectivity index (χ3v) is 8.89. The van der Waals surface area contributed by atoms with E-state index in [0.29, 0.717) is 13.0 Å². The largest absolute Gasteiger partial charge is 0.370 e. The minimum absolute atomic E-state index is 0.0593. The van der Waals surface area contributed by atoms with Crippen molar-refractivity contribution in [3.63, 3.8) is 0 Å². The van der Waals surface area contributed by atoms with Crippen LogP contribution in [-0.2, 0) is 4.79 Å². The number of amides is 1. The molecule has 5 heteroatoms. The smallest absolute Gasteiger partial charge is 0.224 e. The summed E-state index contributed by atoms with van der Waals surface area (Å²) in [5, 5.41) is 10.1. The molecule has 0 aliphatic rings. The first-order chi connectivity index (χ1) is 22.1. The Bertz CT molecular complexity index is 648. The van der Waals surface area contributed by atoms with E-state index in [4.69, 9.17) is 11.1 Å². The van der Waals surface area contributed by atoms with Crippen LogP contribution < -0.4 is 11.1 Å². The highest BCUT2D eigenvalue weighted by atomic mass is 16.2. The maximum atomic E-state index is 12.9. The number of rotatable bonds is 35. The summed E-state index contributed by atoms with van der Waals surface area (Å²) in [6.07, 6.45) is 46.5. The first-order valence-electron chi connectivity index (χ1n) is 19.8. The van der Waals surface area contributed by atoms with Crippen LogP contribution in [0.5, 0.6) is 0 Å². The second kappa shape index (κ2) is 36.7. The predicted octanol–water partition coefficient (Wildman–Crippen LogP) is 11.8. The van der Waals surface area contributed by atoms with E-state index in [0.717, 1.165) is 25.9 Å². The van der Waals surface area contributed by atoms with E-state index in [1.807, 2.05) is 0 Å². The van der Waals surface area contributed by atoms with Gasteiger partial charge in [-0.15, -0.1) is 0 Å². The fraction of sp³-hybridized carbons (Fsp3) is 0.850. The highest BCUT2D eigenvalue weighted by Crippen LogP contribution is 2.13. The lowest BCUT2D eigenvalue weighted by molar-refractivity contribution is -0.131. The van der Waals surface area contributed by atoms with Crippen molar-refractivity contribution in [2.45, 2.75) is 200 Å². The molecule has 0 bridgehead atoms. The molecule has 0 rings (SSSR count). The number of nitrogens with two attached hydrogens (primary N) is 1. The number of allylic oxidation sites excluding steroid dienone is 4. The molecular formula is C40H78N4O. The third kappa shape index (κ3) is 34.9. The second-order valence-electron chi connectivity index (χ2n) is 13.3. The van der Waals surface area contributed by atoms with Crippen molar-refractivity contribution in [1.82, 2.24) is 10.2 Å². The van der Waals surface area contributed by atoms with Gasteiger partial charge in [0.2, 0.25) is 5.91 Å². The number of nitrogens with zero attached hydrogens (tertiary/aromatic N) is 1. The highest BCUT2D eigenvalue weighted by Gasteiger charge is 2.12. The first-order valence-corrected chi connectivity index (χ1v) is 19.8. The number of carbonyl (C=O) groups is 1. The molecule has 0 atom stereocenters. The number of unbranched alkanes of at least 4 members (excludes halogenated alkanes) is 24. The molecule has 0 aliphatic heterocycles. The van der Waals surface area contributed by atoms with Crippen LogP contribution in [0, 0.1) is 5.41 Å². The molecule has 0 spiro atoms. The molecule has 5 nitrogen and oxygen atoms in total. The predicted molar refractivity (Wildman–Crippen MR) is 200 cm³/mol. The number of guanidine groups is 1. The molecule has 0 unspecified atom stereocenters. The fourth-order valence-electron chi connectivity index (χ4n) is 5.92. The van der Waals surface area contributed by atoms with Gasteiger partial charge in [-0.05, 0) is 64.2 Å². The Hall–Kier alpha value is -1.78. The van der Waals surface area contributed by atoms with Gasteiger partial charge in [0.25, 0.3) is 0 Å². The van der Waals surface area contributed by atoms with Gasteiger partial charge in [-0.2, -0.15) is 0 Å². The van der Waals surface area contributed by atoms with Crippen molar-refractivity contribution in [1.29, 1.82) is 5.41 Å². The van der Waals surface area contributed by atoms with Gasteiger partial charge in [0.05, 0.1) is 0 Å². The number of nitrogens with one attached hydrogen (secondary N) is 2. The van der Waals surface area contributed by atoms with Gasteiger partial charge < -0.3 is 16.0 Å². The molecule has 0 aromatic carbocycles. The zero-order valence-corrected chi connectivity index (χ0v) is 30.4. The lowest BCUT2D eigenvalue weighted by atomic mass is 10.1. The fourth-order valence-corrected chi connectivity index (χ4v) is 5.92. The lowest BCUT2D eigenvalue weighted by Gasteiger charge is -2.23. The van der Waals surface area contributed by atoms with Gasteiger partial charge in [0.1, 0.15) is 0 Å². The highest BCUT2D eigenvalue weighted by molar-refractivity contribution is 5.78. The van der Waals surface area contributed by atoms with Crippen LogP contribution >= 0.6 is 0 Å². The molecule has 0 radical (unpaired) electrons. The third-order valence-electron chi connectivity index (χ3n) is 8.89. The summed E-state index contributed by atoms with van der Waals surface area (Å²) in [5.74, 6) is 0.139. The Morgan fingerprint density at radius 1 is 0.533 bits per heavy atom. The summed E-state index contributed by atoms with van der Waals surface area (Å²) >= 11 is 0. The number of hydrogen-bond acceptors (Lipinski definition) is 2. The second-order valence-corrected chi connectivity index (χ2v) is 13.3. The van der Waals surface area contributed by atoms with Crippen molar-refractivity contribution in [2.24, 2.45) is 5.73 Å². The van der Waals surface area contributed by atoms with Crippen molar-refractivity contribution >= 4 is 11.9 Å². The van der Waals surface area contributed by atoms with Gasteiger partial charge >= 0.3 is 0 Å². The Kier molecular flexibility index (Phi) is 35.2. The summed E-state index contributed by atoms with van der Waals surface area (Å²) in [4.78, 5) is 14.9. The topological polar surface area (TPSA) is 82.2 Å². The maximum Gasteiger partial charge on any atom is 0.224 e. The zero-order chi connectivity index (χ0) is 32.9. The van der Waals surface area contributed by atoms with E-state index in [-0.39, 0.29) is 11.9 Å². The van der Waals surface area contributed by atoms with Crippen LogP contribution in [0.25, 0.3) is 0 Å². The van der Waals surface area contributed by atoms with Crippen molar-refractivity contribution < 1.29 is 4.79 Å². The standard InChI is InChI=1S/C40H78N4O/c1-3-5-7-9-11-13-15-17-19-21-23-25-27-29-31-33-37-44(39(45)35-36-43-40(41)42)38-34-32-30-28-26-24-22-20-18-16-14-12-10-8-6-4-2/h17-20H,3-16,21-38H2,1-2H3,(H4,41,42,43). The van der Waals surface area contributed by atoms with Crippen LogP contribution in [0.3, 0.4) is 0 Å². The summed E-state index contributed by atoms with van der Waals surface area (Å²) in [5.41, 5.74) is 5.40. The molecule has 4 N–H and O–H groups in total. The average Bonchev–Trinajstić information content (AvgIpc) is 3.03. The van der Waals surface area contributed by atoms with E-state index >= 15 is 0 Å². The molecule has 0 heterocycles. The number of carbonyl (C=O) groups excluding carboxylic acids is 1. The van der Waals surface area contributed by atoms with Gasteiger partial charge in [-0.1, -0.05) is 154 Å². The Morgan fingerprint density at radius 3 is 1.18 bits per heavy atom. The molecule has 0 aromatic rings. The molecule has 45 heavy (non-hydrogen) atoms. The van der Waals surface area contributed by atoms with E-state index in [2.05, 4.69) is 48.4 Å². The van der Waals surface area contributed by atoms with Gasteiger partial charge in [-0.25, -0.2) is 0 Å². The Labute approximate surface area is 281 Å². The Balaban J connectivity index is 3.91. The normalized spacial score (nSPS) is 11.6. The molecule has 0 aromatic heterocycles. The summed E-state index contributed by atoms with van der Waals surface area (Å²) in [6, 6.07) is 0. The maximum absolute atomic E-state index is 12.9. The SMILES string of the molecule is CCCCCCCCC=CCCCCCCCCN(CCCCCCCCC=CCCCCCCCC)C(=O)CCNC(=N)N. The van der Waals surface area contributed by atoms with Gasteiger partial charge in [0, 0.05) is 26.1 Å². The van der Waals surface area contributed by atoms with E-state index in [9.17, 15) is 4.79 Å². The van der Waals surface area contributed by atoms with E-state index in [1.54, 1.807) is 0 Å². The van der Waals surface area contributed by atoms with Crippen LogP contribution in [0.2, 0.25) is 0 Å². The minimum Gasteiger partial charge on any atom is -0.370 e. The molecule has 0 aliphatic carbocycles. The summed E-state index contributed by atoms with van der Waals surface area (Å²) < 4.78 is 0.